The number of aryl methyl sites for hydroxylation is 1. The number of hydrogen-bond donors (Lipinski definition) is 1. The van der Waals surface area contributed by atoms with E-state index in [4.69, 9.17) is 10.5 Å². The predicted molar refractivity (Wildman–Crippen MR) is 67.6 cm³/mol. The first-order chi connectivity index (χ1) is 7.70. The third kappa shape index (κ3) is 2.01. The van der Waals surface area contributed by atoms with E-state index in [2.05, 4.69) is 31.2 Å². The Bertz CT molecular complexity index is 489. The molecule has 2 N–H and O–H groups in total. The van der Waals surface area contributed by atoms with Gasteiger partial charge in [0.25, 0.3) is 0 Å². The van der Waals surface area contributed by atoms with Crippen molar-refractivity contribution >= 4 is 5.69 Å². The molecule has 0 saturated heterocycles. The van der Waals surface area contributed by atoms with Crippen molar-refractivity contribution in [3.8, 4) is 16.9 Å². The summed E-state index contributed by atoms with van der Waals surface area (Å²) >= 11 is 0. The van der Waals surface area contributed by atoms with Crippen molar-refractivity contribution in [1.82, 2.24) is 0 Å². The second kappa shape index (κ2) is 4.27. The number of rotatable bonds is 2. The van der Waals surface area contributed by atoms with Crippen LogP contribution in [0, 0.1) is 6.92 Å². The molecule has 0 bridgehead atoms. The maximum absolute atomic E-state index is 5.99. The van der Waals surface area contributed by atoms with Crippen LogP contribution in [0.3, 0.4) is 0 Å². The van der Waals surface area contributed by atoms with Gasteiger partial charge in [-0.3, -0.25) is 0 Å². The van der Waals surface area contributed by atoms with Crippen molar-refractivity contribution in [3.05, 3.63) is 48.0 Å². The van der Waals surface area contributed by atoms with Gasteiger partial charge in [0.15, 0.2) is 0 Å². The van der Waals surface area contributed by atoms with E-state index in [0.717, 1.165) is 22.6 Å². The first kappa shape index (κ1) is 10.6. The Morgan fingerprint density at radius 2 is 1.69 bits per heavy atom. The Hall–Kier alpha value is -1.96. The van der Waals surface area contributed by atoms with E-state index in [-0.39, 0.29) is 0 Å². The Morgan fingerprint density at radius 1 is 1.00 bits per heavy atom. The van der Waals surface area contributed by atoms with E-state index in [1.807, 2.05) is 18.2 Å². The molecule has 0 aliphatic rings. The molecule has 0 unspecified atom stereocenters. The van der Waals surface area contributed by atoms with Crippen LogP contribution in [0.25, 0.3) is 11.1 Å². The van der Waals surface area contributed by atoms with E-state index >= 15 is 0 Å². The normalized spacial score (nSPS) is 10.1. The third-order valence-corrected chi connectivity index (χ3v) is 2.62. The topological polar surface area (TPSA) is 35.2 Å². The van der Waals surface area contributed by atoms with Crippen LogP contribution in [-0.4, -0.2) is 7.11 Å². The summed E-state index contributed by atoms with van der Waals surface area (Å²) in [6, 6.07) is 14.1. The number of nitrogens with two attached hydrogens (primary N) is 1. The average Bonchev–Trinajstić information content (AvgIpc) is 2.30. The lowest BCUT2D eigenvalue weighted by atomic mass is 10.0. The molecule has 0 spiro atoms. The van der Waals surface area contributed by atoms with Crippen molar-refractivity contribution in [2.45, 2.75) is 6.92 Å². The SMILES string of the molecule is COc1ccc(-c2ccc(C)cc2)c(N)c1. The molecule has 2 heteroatoms. The van der Waals surface area contributed by atoms with Crippen molar-refractivity contribution in [1.29, 1.82) is 0 Å². The third-order valence-electron chi connectivity index (χ3n) is 2.62. The molecule has 16 heavy (non-hydrogen) atoms. The Kier molecular flexibility index (Phi) is 2.82. The molecule has 0 radical (unpaired) electrons. The molecule has 0 amide bonds. The largest absolute Gasteiger partial charge is 0.497 e. The molecule has 2 rings (SSSR count). The van der Waals surface area contributed by atoms with Gasteiger partial charge in [-0.15, -0.1) is 0 Å². The highest BCUT2D eigenvalue weighted by atomic mass is 16.5. The van der Waals surface area contributed by atoms with Crippen molar-refractivity contribution in [2.75, 3.05) is 12.8 Å². The van der Waals surface area contributed by atoms with Crippen LogP contribution in [0.2, 0.25) is 0 Å². The molecule has 0 atom stereocenters. The summed E-state index contributed by atoms with van der Waals surface area (Å²) in [7, 11) is 1.64. The van der Waals surface area contributed by atoms with Crippen molar-refractivity contribution in [2.24, 2.45) is 0 Å². The first-order valence-electron chi connectivity index (χ1n) is 5.21. The number of methoxy groups -OCH3 is 1. The Morgan fingerprint density at radius 3 is 2.25 bits per heavy atom. The zero-order chi connectivity index (χ0) is 11.5. The van der Waals surface area contributed by atoms with Crippen LogP contribution >= 0.6 is 0 Å². The van der Waals surface area contributed by atoms with Gasteiger partial charge in [-0.05, 0) is 24.6 Å². The van der Waals surface area contributed by atoms with Gasteiger partial charge in [0, 0.05) is 17.3 Å². The molecule has 0 saturated carbocycles. The van der Waals surface area contributed by atoms with Gasteiger partial charge in [0.1, 0.15) is 5.75 Å². The monoisotopic (exact) mass is 213 g/mol. The molecule has 0 aliphatic carbocycles. The molecule has 0 aliphatic heterocycles. The van der Waals surface area contributed by atoms with Crippen LogP contribution < -0.4 is 10.5 Å². The number of anilines is 1. The summed E-state index contributed by atoms with van der Waals surface area (Å²) in [6.45, 7) is 2.07. The van der Waals surface area contributed by atoms with Gasteiger partial charge in [-0.25, -0.2) is 0 Å². The number of ether oxygens (including phenoxy) is 1. The maximum atomic E-state index is 5.99. The van der Waals surface area contributed by atoms with Gasteiger partial charge in [0.05, 0.1) is 7.11 Å². The number of benzene rings is 2. The lowest BCUT2D eigenvalue weighted by molar-refractivity contribution is 0.415. The summed E-state index contributed by atoms with van der Waals surface area (Å²) in [6.07, 6.45) is 0. The van der Waals surface area contributed by atoms with Crippen LogP contribution in [0.4, 0.5) is 5.69 Å². The molecule has 0 heterocycles. The standard InChI is InChI=1S/C14H15NO/c1-10-3-5-11(6-4-10)13-8-7-12(16-2)9-14(13)15/h3-9H,15H2,1-2H3. The lowest BCUT2D eigenvalue weighted by Crippen LogP contribution is -1.92. The molecular formula is C14H15NO. The summed E-state index contributed by atoms with van der Waals surface area (Å²) in [4.78, 5) is 0. The van der Waals surface area contributed by atoms with E-state index in [1.54, 1.807) is 7.11 Å². The number of nitrogen functional groups attached to an aromatic ring is 1. The zero-order valence-electron chi connectivity index (χ0n) is 9.53. The fourth-order valence-corrected chi connectivity index (χ4v) is 1.66. The first-order valence-corrected chi connectivity index (χ1v) is 5.21. The van der Waals surface area contributed by atoms with Crippen LogP contribution in [0.15, 0.2) is 42.5 Å². The Labute approximate surface area is 95.7 Å². The van der Waals surface area contributed by atoms with Crippen molar-refractivity contribution < 1.29 is 4.74 Å². The van der Waals surface area contributed by atoms with E-state index in [9.17, 15) is 0 Å². The summed E-state index contributed by atoms with van der Waals surface area (Å²) < 4.78 is 5.12. The highest BCUT2D eigenvalue weighted by molar-refractivity contribution is 5.77. The fraction of sp³-hybridized carbons (Fsp3) is 0.143. The second-order valence-electron chi connectivity index (χ2n) is 3.82. The van der Waals surface area contributed by atoms with Gasteiger partial charge in [0.2, 0.25) is 0 Å². The van der Waals surface area contributed by atoms with E-state index in [1.165, 1.54) is 5.56 Å². The van der Waals surface area contributed by atoms with Gasteiger partial charge >= 0.3 is 0 Å². The maximum Gasteiger partial charge on any atom is 0.120 e. The molecule has 0 fully saturated rings. The highest BCUT2D eigenvalue weighted by Crippen LogP contribution is 2.29. The molecule has 2 aromatic rings. The minimum Gasteiger partial charge on any atom is -0.497 e. The zero-order valence-corrected chi connectivity index (χ0v) is 9.53. The van der Waals surface area contributed by atoms with E-state index < -0.39 is 0 Å². The number of hydrogen-bond acceptors (Lipinski definition) is 2. The molecule has 2 aromatic carbocycles. The molecule has 0 aromatic heterocycles. The van der Waals surface area contributed by atoms with E-state index in [0.29, 0.717) is 0 Å². The Balaban J connectivity index is 2.44. The summed E-state index contributed by atoms with van der Waals surface area (Å²) in [5, 5.41) is 0. The second-order valence-corrected chi connectivity index (χ2v) is 3.82. The van der Waals surface area contributed by atoms with Gasteiger partial charge in [-0.1, -0.05) is 29.8 Å². The summed E-state index contributed by atoms with van der Waals surface area (Å²) in [5.41, 5.74) is 10.1. The molecular weight excluding hydrogens is 198 g/mol. The molecule has 2 nitrogen and oxygen atoms in total. The van der Waals surface area contributed by atoms with Crippen molar-refractivity contribution in [3.63, 3.8) is 0 Å². The smallest absolute Gasteiger partial charge is 0.120 e. The van der Waals surface area contributed by atoms with Gasteiger partial charge in [-0.2, -0.15) is 0 Å². The fourth-order valence-electron chi connectivity index (χ4n) is 1.66. The van der Waals surface area contributed by atoms with Crippen LogP contribution in [0.5, 0.6) is 5.75 Å². The minimum absolute atomic E-state index is 0.739. The van der Waals surface area contributed by atoms with Crippen LogP contribution in [0.1, 0.15) is 5.56 Å². The average molecular weight is 213 g/mol. The predicted octanol–water partition coefficient (Wildman–Crippen LogP) is 3.25. The summed E-state index contributed by atoms with van der Waals surface area (Å²) in [5.74, 6) is 0.786. The highest BCUT2D eigenvalue weighted by Gasteiger charge is 2.03. The lowest BCUT2D eigenvalue weighted by Gasteiger charge is -2.08. The quantitative estimate of drug-likeness (QED) is 0.777. The van der Waals surface area contributed by atoms with Gasteiger partial charge < -0.3 is 10.5 Å². The molecule has 82 valence electrons. The minimum atomic E-state index is 0.739. The van der Waals surface area contributed by atoms with Crippen LogP contribution in [-0.2, 0) is 0 Å².